The first-order valence-corrected chi connectivity index (χ1v) is 5.83. The van der Waals surface area contributed by atoms with Crippen LogP contribution in [0.4, 0.5) is 11.4 Å². The Labute approximate surface area is 102 Å². The number of hydrogen-bond donors (Lipinski definition) is 1. The highest BCUT2D eigenvalue weighted by molar-refractivity contribution is 8.02. The normalized spacial score (nSPS) is 17.9. The van der Waals surface area contributed by atoms with Crippen molar-refractivity contribution in [2.45, 2.75) is 0 Å². The van der Waals surface area contributed by atoms with Gasteiger partial charge in [0, 0.05) is 6.08 Å². The van der Waals surface area contributed by atoms with Crippen molar-refractivity contribution in [1.29, 1.82) is 0 Å². The summed E-state index contributed by atoms with van der Waals surface area (Å²) in [4.78, 5) is 23.1. The Morgan fingerprint density at radius 1 is 1.12 bits per heavy atom. The van der Waals surface area contributed by atoms with Gasteiger partial charge in [0.25, 0.3) is 0 Å². The Morgan fingerprint density at radius 2 is 1.94 bits per heavy atom. The molecular formula is C12H8N2O2S. The van der Waals surface area contributed by atoms with Crippen molar-refractivity contribution in [2.24, 2.45) is 0 Å². The first-order chi connectivity index (χ1) is 8.25. The fourth-order valence-corrected chi connectivity index (χ4v) is 2.58. The van der Waals surface area contributed by atoms with Gasteiger partial charge in [0.2, 0.25) is 5.78 Å². The highest BCUT2D eigenvalue weighted by atomic mass is 32.2. The van der Waals surface area contributed by atoms with E-state index in [2.05, 4.69) is 4.72 Å². The topological polar surface area (TPSA) is 49.4 Å². The van der Waals surface area contributed by atoms with Crippen LogP contribution < -0.4 is 9.03 Å². The van der Waals surface area contributed by atoms with E-state index in [1.165, 1.54) is 30.4 Å². The van der Waals surface area contributed by atoms with Crippen molar-refractivity contribution in [1.82, 2.24) is 0 Å². The molecule has 1 aromatic rings. The minimum Gasteiger partial charge on any atom is -0.310 e. The number of rotatable bonds is 1. The number of allylic oxidation sites excluding steroid dienone is 3. The van der Waals surface area contributed by atoms with E-state index >= 15 is 0 Å². The summed E-state index contributed by atoms with van der Waals surface area (Å²) < 4.78 is 4.83. The third-order valence-electron chi connectivity index (χ3n) is 2.52. The van der Waals surface area contributed by atoms with Gasteiger partial charge in [0.05, 0.1) is 23.5 Å². The maximum atomic E-state index is 11.7. The Hall–Kier alpha value is -2.01. The van der Waals surface area contributed by atoms with E-state index in [0.29, 0.717) is 5.70 Å². The molecular weight excluding hydrogens is 236 g/mol. The van der Waals surface area contributed by atoms with Crippen LogP contribution in [0, 0.1) is 0 Å². The molecule has 17 heavy (non-hydrogen) atoms. The second-order valence-electron chi connectivity index (χ2n) is 3.63. The number of para-hydroxylation sites is 2. The van der Waals surface area contributed by atoms with Gasteiger partial charge in [-0.05, 0) is 24.3 Å². The number of ketones is 2. The van der Waals surface area contributed by atoms with E-state index in [9.17, 15) is 9.59 Å². The molecule has 0 amide bonds. The van der Waals surface area contributed by atoms with Crippen molar-refractivity contribution in [2.75, 3.05) is 9.03 Å². The summed E-state index contributed by atoms with van der Waals surface area (Å²) in [5, 5.41) is 0. The van der Waals surface area contributed by atoms with E-state index in [0.717, 1.165) is 11.4 Å². The number of nitrogens with zero attached hydrogens (tertiary/aromatic N) is 1. The Morgan fingerprint density at radius 3 is 2.82 bits per heavy atom. The predicted molar refractivity (Wildman–Crippen MR) is 67.4 cm³/mol. The van der Waals surface area contributed by atoms with Crippen LogP contribution in [0.2, 0.25) is 0 Å². The van der Waals surface area contributed by atoms with E-state index < -0.39 is 0 Å². The molecule has 1 aliphatic heterocycles. The third kappa shape index (κ3) is 1.64. The van der Waals surface area contributed by atoms with Crippen LogP contribution in [0.25, 0.3) is 0 Å². The molecule has 3 rings (SSSR count). The van der Waals surface area contributed by atoms with E-state index in [1.54, 1.807) is 4.31 Å². The lowest BCUT2D eigenvalue weighted by Crippen LogP contribution is -2.21. The Bertz CT molecular complexity index is 578. The molecule has 0 aromatic heterocycles. The number of carbonyl (C=O) groups is 2. The molecule has 84 valence electrons. The minimum absolute atomic E-state index is 0.157. The predicted octanol–water partition coefficient (Wildman–Crippen LogP) is 2.07. The van der Waals surface area contributed by atoms with Crippen LogP contribution in [0.5, 0.6) is 0 Å². The summed E-state index contributed by atoms with van der Waals surface area (Å²) in [5.74, 6) is -0.319. The molecule has 2 aliphatic rings. The molecule has 1 aliphatic carbocycles. The van der Waals surface area contributed by atoms with Gasteiger partial charge in [0.1, 0.15) is 5.70 Å². The molecule has 0 atom stereocenters. The van der Waals surface area contributed by atoms with Crippen LogP contribution in [-0.4, -0.2) is 11.6 Å². The van der Waals surface area contributed by atoms with Crippen LogP contribution in [0.15, 0.2) is 48.2 Å². The second-order valence-corrected chi connectivity index (χ2v) is 4.39. The van der Waals surface area contributed by atoms with Gasteiger partial charge in [0.15, 0.2) is 5.78 Å². The summed E-state index contributed by atoms with van der Waals surface area (Å²) in [6.45, 7) is 0. The van der Waals surface area contributed by atoms with Gasteiger partial charge in [-0.25, -0.2) is 0 Å². The molecule has 0 fully saturated rings. The van der Waals surface area contributed by atoms with Crippen LogP contribution in [0.3, 0.4) is 0 Å². The fraction of sp³-hybridized carbons (Fsp3) is 0. The molecule has 0 bridgehead atoms. The van der Waals surface area contributed by atoms with E-state index in [4.69, 9.17) is 0 Å². The lowest BCUT2D eigenvalue weighted by Gasteiger charge is -2.18. The largest absolute Gasteiger partial charge is 0.310 e. The first kappa shape index (κ1) is 10.2. The number of anilines is 2. The van der Waals surface area contributed by atoms with Gasteiger partial charge in [-0.1, -0.05) is 12.1 Å². The quantitative estimate of drug-likeness (QED) is 0.605. The number of hydrogen-bond acceptors (Lipinski definition) is 5. The zero-order valence-corrected chi connectivity index (χ0v) is 9.53. The lowest BCUT2D eigenvalue weighted by atomic mass is 10.1. The van der Waals surface area contributed by atoms with Crippen molar-refractivity contribution in [3.8, 4) is 0 Å². The summed E-state index contributed by atoms with van der Waals surface area (Å²) >= 11 is 1.29. The lowest BCUT2D eigenvalue weighted by molar-refractivity contribution is -0.114. The second kappa shape index (κ2) is 3.78. The maximum Gasteiger partial charge on any atom is 0.203 e. The molecule has 0 radical (unpaired) electrons. The molecule has 1 N–H and O–H groups in total. The van der Waals surface area contributed by atoms with E-state index in [1.807, 2.05) is 24.3 Å². The van der Waals surface area contributed by atoms with Crippen LogP contribution in [0.1, 0.15) is 0 Å². The monoisotopic (exact) mass is 244 g/mol. The van der Waals surface area contributed by atoms with Gasteiger partial charge < -0.3 is 4.72 Å². The first-order valence-electron chi connectivity index (χ1n) is 5.06. The van der Waals surface area contributed by atoms with Gasteiger partial charge in [-0.15, -0.1) is 0 Å². The molecule has 5 heteroatoms. The van der Waals surface area contributed by atoms with Crippen molar-refractivity contribution in [3.05, 3.63) is 48.2 Å². The minimum atomic E-state index is -0.162. The third-order valence-corrected chi connectivity index (χ3v) is 3.41. The maximum absolute atomic E-state index is 11.7. The molecule has 1 aromatic carbocycles. The molecule has 0 unspecified atom stereocenters. The zero-order valence-electron chi connectivity index (χ0n) is 8.71. The van der Waals surface area contributed by atoms with Gasteiger partial charge >= 0.3 is 0 Å². The van der Waals surface area contributed by atoms with Crippen molar-refractivity contribution >= 4 is 35.1 Å². The molecule has 0 spiro atoms. The van der Waals surface area contributed by atoms with Crippen molar-refractivity contribution in [3.63, 3.8) is 0 Å². The average molecular weight is 244 g/mol. The van der Waals surface area contributed by atoms with Crippen LogP contribution in [-0.2, 0) is 9.59 Å². The summed E-state index contributed by atoms with van der Waals surface area (Å²) in [6.07, 6.45) is 3.95. The fourth-order valence-electron chi connectivity index (χ4n) is 1.72. The Kier molecular flexibility index (Phi) is 2.26. The zero-order chi connectivity index (χ0) is 11.8. The SMILES string of the molecule is O=C1C=CC(=O)C(N2SNc3ccccc32)=C1. The molecule has 0 saturated heterocycles. The highest BCUT2D eigenvalue weighted by Crippen LogP contribution is 2.41. The molecule has 4 nitrogen and oxygen atoms in total. The molecule has 1 heterocycles. The highest BCUT2D eigenvalue weighted by Gasteiger charge is 2.27. The Balaban J connectivity index is 2.03. The number of nitrogens with one attached hydrogen (secondary N) is 1. The van der Waals surface area contributed by atoms with Gasteiger partial charge in [-0.3, -0.25) is 13.9 Å². The smallest absolute Gasteiger partial charge is 0.203 e. The number of benzene rings is 1. The standard InChI is InChI=1S/C12H8N2O2S/c15-8-5-6-12(16)11(7-8)14-10-4-2-1-3-9(10)13-17-14/h1-7,13H. The summed E-state index contributed by atoms with van der Waals surface area (Å²) in [5.41, 5.74) is 2.22. The van der Waals surface area contributed by atoms with Gasteiger partial charge in [-0.2, -0.15) is 0 Å². The van der Waals surface area contributed by atoms with Crippen LogP contribution >= 0.6 is 12.1 Å². The van der Waals surface area contributed by atoms with Crippen molar-refractivity contribution < 1.29 is 9.59 Å². The summed E-state index contributed by atoms with van der Waals surface area (Å²) in [6, 6.07) is 7.63. The number of fused-ring (bicyclic) bond motifs is 1. The average Bonchev–Trinajstić information content (AvgIpc) is 2.76. The summed E-state index contributed by atoms with van der Waals surface area (Å²) in [7, 11) is 0. The number of carbonyl (C=O) groups excluding carboxylic acids is 2. The van der Waals surface area contributed by atoms with E-state index in [-0.39, 0.29) is 11.6 Å². The molecule has 0 saturated carbocycles.